The molecule has 0 aliphatic carbocycles. The Hall–Kier alpha value is -2.94. The molecule has 1 unspecified atom stereocenters. The normalized spacial score (nSPS) is 19.8. The molecule has 1 saturated heterocycles. The van der Waals surface area contributed by atoms with Gasteiger partial charge < -0.3 is 19.9 Å². The van der Waals surface area contributed by atoms with Gasteiger partial charge in [-0.05, 0) is 25.0 Å². The molecule has 1 aromatic carbocycles. The molecule has 0 bridgehead atoms. The number of thiazole rings is 1. The Labute approximate surface area is 178 Å². The fourth-order valence-electron chi connectivity index (χ4n) is 4.35. The van der Waals surface area contributed by atoms with E-state index in [1.807, 2.05) is 19.1 Å². The van der Waals surface area contributed by atoms with Crippen molar-refractivity contribution in [1.29, 1.82) is 0 Å². The summed E-state index contributed by atoms with van der Waals surface area (Å²) in [4.78, 5) is 45.1. The van der Waals surface area contributed by atoms with E-state index < -0.39 is 11.8 Å². The first-order valence-corrected chi connectivity index (χ1v) is 10.6. The lowest BCUT2D eigenvalue weighted by molar-refractivity contribution is -0.145. The molecule has 3 heterocycles. The van der Waals surface area contributed by atoms with Gasteiger partial charge in [0.2, 0.25) is 5.91 Å². The minimum atomic E-state index is -0.611. The number of nitrogens with zero attached hydrogens (tertiary/aromatic N) is 3. The van der Waals surface area contributed by atoms with Gasteiger partial charge in [0.1, 0.15) is 5.01 Å². The fraction of sp³-hybridized carbons (Fsp3) is 0.429. The number of rotatable bonds is 3. The number of aromatic nitrogens is 1. The van der Waals surface area contributed by atoms with E-state index in [1.165, 1.54) is 18.4 Å². The second-order valence-electron chi connectivity index (χ2n) is 7.79. The van der Waals surface area contributed by atoms with E-state index in [9.17, 15) is 14.4 Å². The lowest BCUT2D eigenvalue weighted by atomic mass is 9.81. The molecule has 8 nitrogen and oxygen atoms in total. The van der Waals surface area contributed by atoms with Crippen LogP contribution in [-0.4, -0.2) is 61.4 Å². The van der Waals surface area contributed by atoms with Crippen molar-refractivity contribution in [2.75, 3.05) is 38.7 Å². The Morgan fingerprint density at radius 3 is 2.80 bits per heavy atom. The van der Waals surface area contributed by atoms with Crippen molar-refractivity contribution in [3.05, 3.63) is 40.5 Å². The van der Waals surface area contributed by atoms with E-state index in [0.29, 0.717) is 36.1 Å². The van der Waals surface area contributed by atoms with Crippen LogP contribution in [0.3, 0.4) is 0 Å². The highest BCUT2D eigenvalue weighted by atomic mass is 32.1. The van der Waals surface area contributed by atoms with Crippen LogP contribution in [0, 0.1) is 6.92 Å². The molecule has 3 amide bonds. The average Bonchev–Trinajstić information content (AvgIpc) is 3.45. The maximum absolute atomic E-state index is 13.2. The second kappa shape index (κ2) is 7.71. The van der Waals surface area contributed by atoms with Crippen molar-refractivity contribution in [2.24, 2.45) is 0 Å². The number of carbonyl (C=O) groups excluding carboxylic acids is 3. The number of aryl methyl sites for hydroxylation is 1. The standard InChI is InChI=1S/C21H24N4O4S/c1-13-4-5-15-14(8-13)21(6-7-24(11-21)20(28)19(27)22-2)12-25(15)17(26)9-16-23-10-18(29-3)30-16/h4-5,8,10H,6-7,9,11-12H2,1-3H3,(H,22,27). The first-order valence-electron chi connectivity index (χ1n) is 9.78. The van der Waals surface area contributed by atoms with Gasteiger partial charge in [-0.25, -0.2) is 4.98 Å². The zero-order chi connectivity index (χ0) is 21.5. The molecular formula is C21H24N4O4S. The number of likely N-dealkylation sites (tertiary alicyclic amines) is 1. The van der Waals surface area contributed by atoms with E-state index in [1.54, 1.807) is 23.1 Å². The zero-order valence-corrected chi connectivity index (χ0v) is 18.0. The number of methoxy groups -OCH3 is 1. The first kappa shape index (κ1) is 20.3. The van der Waals surface area contributed by atoms with Gasteiger partial charge in [0.25, 0.3) is 0 Å². The van der Waals surface area contributed by atoms with Crippen molar-refractivity contribution in [2.45, 2.75) is 25.2 Å². The first-order chi connectivity index (χ1) is 14.4. The third-order valence-electron chi connectivity index (χ3n) is 5.87. The Bertz CT molecular complexity index is 1020. The minimum Gasteiger partial charge on any atom is -0.486 e. The van der Waals surface area contributed by atoms with Crippen LogP contribution in [-0.2, 0) is 26.2 Å². The molecule has 30 heavy (non-hydrogen) atoms. The lowest BCUT2D eigenvalue weighted by Gasteiger charge is -2.25. The number of carbonyl (C=O) groups is 3. The van der Waals surface area contributed by atoms with Crippen LogP contribution in [0.5, 0.6) is 5.06 Å². The number of anilines is 1. The predicted octanol–water partition coefficient (Wildman–Crippen LogP) is 1.27. The molecule has 0 radical (unpaired) electrons. The maximum atomic E-state index is 13.2. The molecule has 9 heteroatoms. The maximum Gasteiger partial charge on any atom is 0.311 e. The minimum absolute atomic E-state index is 0.0370. The molecule has 2 aromatic rings. The van der Waals surface area contributed by atoms with Gasteiger partial charge >= 0.3 is 11.8 Å². The van der Waals surface area contributed by atoms with Crippen LogP contribution in [0.15, 0.2) is 24.4 Å². The summed E-state index contributed by atoms with van der Waals surface area (Å²) in [6, 6.07) is 6.07. The Kier molecular flexibility index (Phi) is 5.23. The molecule has 1 atom stereocenters. The van der Waals surface area contributed by atoms with Crippen molar-refractivity contribution >= 4 is 34.7 Å². The molecule has 1 spiro atoms. The number of nitrogens with one attached hydrogen (secondary N) is 1. The average molecular weight is 429 g/mol. The van der Waals surface area contributed by atoms with Gasteiger partial charge in [-0.2, -0.15) is 0 Å². The van der Waals surface area contributed by atoms with Gasteiger partial charge in [0, 0.05) is 37.8 Å². The van der Waals surface area contributed by atoms with E-state index in [-0.39, 0.29) is 17.7 Å². The number of benzene rings is 1. The lowest BCUT2D eigenvalue weighted by Crippen LogP contribution is -2.44. The van der Waals surface area contributed by atoms with Gasteiger partial charge in [0.05, 0.1) is 19.7 Å². The highest BCUT2D eigenvalue weighted by molar-refractivity contribution is 7.13. The highest BCUT2D eigenvalue weighted by Gasteiger charge is 2.50. The molecule has 4 rings (SSSR count). The Morgan fingerprint density at radius 2 is 2.10 bits per heavy atom. The van der Waals surface area contributed by atoms with Crippen LogP contribution < -0.4 is 15.0 Å². The summed E-state index contributed by atoms with van der Waals surface area (Å²) in [5, 5.41) is 3.77. The topological polar surface area (TPSA) is 91.8 Å². The molecule has 0 saturated carbocycles. The number of likely N-dealkylation sites (N-methyl/N-ethyl adjacent to an activating group) is 1. The van der Waals surface area contributed by atoms with Gasteiger partial charge in [-0.1, -0.05) is 29.0 Å². The van der Waals surface area contributed by atoms with Gasteiger partial charge in [-0.15, -0.1) is 0 Å². The fourth-order valence-corrected chi connectivity index (χ4v) is 5.07. The third-order valence-corrected chi connectivity index (χ3v) is 6.83. The number of hydrogen-bond donors (Lipinski definition) is 1. The summed E-state index contributed by atoms with van der Waals surface area (Å²) in [7, 11) is 3.03. The third kappa shape index (κ3) is 3.43. The molecule has 2 aliphatic rings. The summed E-state index contributed by atoms with van der Waals surface area (Å²) in [5.41, 5.74) is 2.69. The predicted molar refractivity (Wildman–Crippen MR) is 113 cm³/mol. The summed E-state index contributed by atoms with van der Waals surface area (Å²) < 4.78 is 5.17. The van der Waals surface area contributed by atoms with Gasteiger partial charge in [0.15, 0.2) is 5.06 Å². The number of fused-ring (bicyclic) bond motifs is 2. The smallest absolute Gasteiger partial charge is 0.311 e. The van der Waals surface area contributed by atoms with E-state index in [0.717, 1.165) is 16.8 Å². The molecule has 158 valence electrons. The van der Waals surface area contributed by atoms with Crippen molar-refractivity contribution < 1.29 is 19.1 Å². The van der Waals surface area contributed by atoms with E-state index >= 15 is 0 Å². The molecular weight excluding hydrogens is 404 g/mol. The van der Waals surface area contributed by atoms with Crippen LogP contribution in [0.2, 0.25) is 0 Å². The van der Waals surface area contributed by atoms with Crippen LogP contribution >= 0.6 is 11.3 Å². The SMILES string of the molecule is CNC(=O)C(=O)N1CCC2(C1)CN(C(=O)Cc1ncc(OC)s1)c1ccc(C)cc12. The summed E-state index contributed by atoms with van der Waals surface area (Å²) in [6.07, 6.45) is 2.52. The van der Waals surface area contributed by atoms with Gasteiger partial charge in [-0.3, -0.25) is 14.4 Å². The highest BCUT2D eigenvalue weighted by Crippen LogP contribution is 2.47. The van der Waals surface area contributed by atoms with Crippen LogP contribution in [0.4, 0.5) is 5.69 Å². The summed E-state index contributed by atoms with van der Waals surface area (Å²) in [5.74, 6) is -1.17. The summed E-state index contributed by atoms with van der Waals surface area (Å²) >= 11 is 1.36. The van der Waals surface area contributed by atoms with Crippen LogP contribution in [0.1, 0.15) is 22.6 Å². The second-order valence-corrected chi connectivity index (χ2v) is 8.87. The van der Waals surface area contributed by atoms with E-state index in [4.69, 9.17) is 4.74 Å². The monoisotopic (exact) mass is 428 g/mol. The van der Waals surface area contributed by atoms with E-state index in [2.05, 4.69) is 16.4 Å². The molecule has 1 fully saturated rings. The van der Waals surface area contributed by atoms with Crippen molar-refractivity contribution in [3.63, 3.8) is 0 Å². The van der Waals surface area contributed by atoms with Crippen LogP contribution in [0.25, 0.3) is 0 Å². The largest absolute Gasteiger partial charge is 0.486 e. The van der Waals surface area contributed by atoms with Crippen molar-refractivity contribution in [1.82, 2.24) is 15.2 Å². The Morgan fingerprint density at radius 1 is 1.30 bits per heavy atom. The molecule has 2 aliphatic heterocycles. The number of ether oxygens (including phenoxy) is 1. The Balaban J connectivity index is 1.61. The number of amides is 3. The zero-order valence-electron chi connectivity index (χ0n) is 17.2. The number of hydrogen-bond acceptors (Lipinski definition) is 6. The summed E-state index contributed by atoms with van der Waals surface area (Å²) in [6.45, 7) is 3.42. The quantitative estimate of drug-likeness (QED) is 0.744. The molecule has 1 aromatic heterocycles. The molecule has 1 N–H and O–H groups in total. The van der Waals surface area contributed by atoms with Crippen molar-refractivity contribution in [3.8, 4) is 5.06 Å².